The molecule has 0 aromatic carbocycles. The maximum absolute atomic E-state index is 12.1. The fourth-order valence-corrected chi connectivity index (χ4v) is 3.40. The highest BCUT2D eigenvalue weighted by Crippen LogP contribution is 2.27. The average Bonchev–Trinajstić information content (AvgIpc) is 2.48. The summed E-state index contributed by atoms with van der Waals surface area (Å²) < 4.78 is 4.96. The smallest absolute Gasteiger partial charge is 0.241 e. The molecule has 2 rings (SSSR count). The van der Waals surface area contributed by atoms with Gasteiger partial charge in [-0.25, -0.2) is 0 Å². The predicted octanol–water partition coefficient (Wildman–Crippen LogP) is 1.53. The standard InChI is InChI=1S/C15H29N3O2.2ClH/c1-12-3-5-13(6-4-12)17-7-9-18(10-8-17)15(19)14(16)11-20-2;;/h12-14H,3-11,16H2,1-2H3;2*1H. The van der Waals surface area contributed by atoms with E-state index in [-0.39, 0.29) is 30.7 Å². The molecule has 1 saturated carbocycles. The van der Waals surface area contributed by atoms with E-state index < -0.39 is 6.04 Å². The normalized spacial score (nSPS) is 27.5. The number of carbonyl (C=O) groups excluding carboxylic acids is 1. The second-order valence-corrected chi connectivity index (χ2v) is 6.34. The lowest BCUT2D eigenvalue weighted by atomic mass is 9.86. The van der Waals surface area contributed by atoms with E-state index in [2.05, 4.69) is 11.8 Å². The lowest BCUT2D eigenvalue weighted by molar-refractivity contribution is -0.136. The largest absolute Gasteiger partial charge is 0.383 e. The first-order chi connectivity index (χ1) is 9.61. The minimum atomic E-state index is -0.512. The number of rotatable bonds is 4. The van der Waals surface area contributed by atoms with Crippen LogP contribution in [0.2, 0.25) is 0 Å². The Bertz CT molecular complexity index is 318. The summed E-state index contributed by atoms with van der Waals surface area (Å²) in [5.74, 6) is 0.921. The topological polar surface area (TPSA) is 58.8 Å². The summed E-state index contributed by atoms with van der Waals surface area (Å²) in [6, 6.07) is 0.221. The molecular weight excluding hydrogens is 325 g/mol. The molecule has 1 unspecified atom stereocenters. The van der Waals surface area contributed by atoms with Crippen molar-refractivity contribution < 1.29 is 9.53 Å². The second-order valence-electron chi connectivity index (χ2n) is 6.34. The Morgan fingerprint density at radius 1 is 1.14 bits per heavy atom. The number of methoxy groups -OCH3 is 1. The molecule has 132 valence electrons. The molecule has 0 bridgehead atoms. The molecule has 0 aromatic heterocycles. The molecule has 1 aliphatic heterocycles. The van der Waals surface area contributed by atoms with Crippen LogP contribution in [-0.2, 0) is 9.53 Å². The van der Waals surface area contributed by atoms with Crippen molar-refractivity contribution in [2.75, 3.05) is 39.9 Å². The number of halogens is 2. The number of ether oxygens (including phenoxy) is 1. The maximum Gasteiger partial charge on any atom is 0.241 e. The van der Waals surface area contributed by atoms with E-state index in [0.717, 1.165) is 38.1 Å². The average molecular weight is 356 g/mol. The third kappa shape index (κ3) is 5.85. The van der Waals surface area contributed by atoms with E-state index in [1.54, 1.807) is 7.11 Å². The van der Waals surface area contributed by atoms with Gasteiger partial charge in [0.1, 0.15) is 6.04 Å². The first-order valence-corrected chi connectivity index (χ1v) is 7.89. The quantitative estimate of drug-likeness (QED) is 0.830. The fourth-order valence-electron chi connectivity index (χ4n) is 3.40. The van der Waals surface area contributed by atoms with E-state index in [4.69, 9.17) is 10.5 Å². The second kappa shape index (κ2) is 10.7. The minimum Gasteiger partial charge on any atom is -0.383 e. The summed E-state index contributed by atoms with van der Waals surface area (Å²) in [5, 5.41) is 0. The Morgan fingerprint density at radius 3 is 2.18 bits per heavy atom. The van der Waals surface area contributed by atoms with E-state index >= 15 is 0 Å². The number of piperazine rings is 1. The van der Waals surface area contributed by atoms with E-state index in [9.17, 15) is 4.79 Å². The van der Waals surface area contributed by atoms with Crippen LogP contribution in [0, 0.1) is 5.92 Å². The molecule has 0 aromatic rings. The van der Waals surface area contributed by atoms with Gasteiger partial charge >= 0.3 is 0 Å². The third-order valence-corrected chi connectivity index (χ3v) is 4.79. The maximum atomic E-state index is 12.1. The van der Waals surface area contributed by atoms with Gasteiger partial charge in [0.05, 0.1) is 6.61 Å². The molecule has 0 spiro atoms. The van der Waals surface area contributed by atoms with Crippen LogP contribution in [0.25, 0.3) is 0 Å². The molecule has 1 amide bonds. The van der Waals surface area contributed by atoms with Crippen molar-refractivity contribution in [3.05, 3.63) is 0 Å². The SMILES string of the molecule is COCC(N)C(=O)N1CCN(C2CCC(C)CC2)CC1.Cl.Cl. The van der Waals surface area contributed by atoms with Gasteiger partial charge in [-0.1, -0.05) is 6.92 Å². The number of hydrogen-bond acceptors (Lipinski definition) is 4. The molecule has 2 aliphatic rings. The number of nitrogens with zero attached hydrogens (tertiary/aromatic N) is 2. The molecule has 22 heavy (non-hydrogen) atoms. The Kier molecular flexibility index (Phi) is 10.6. The van der Waals surface area contributed by atoms with Gasteiger partial charge in [0, 0.05) is 39.3 Å². The van der Waals surface area contributed by atoms with Gasteiger partial charge in [0.25, 0.3) is 0 Å². The van der Waals surface area contributed by atoms with Crippen LogP contribution in [0.4, 0.5) is 0 Å². The highest BCUT2D eigenvalue weighted by molar-refractivity contribution is 5.85. The first kappa shape index (κ1) is 21.9. The molecule has 0 radical (unpaired) electrons. The van der Waals surface area contributed by atoms with Crippen LogP contribution in [-0.4, -0.2) is 67.7 Å². The minimum absolute atomic E-state index is 0. The summed E-state index contributed by atoms with van der Waals surface area (Å²) in [7, 11) is 1.58. The molecule has 1 aliphatic carbocycles. The lowest BCUT2D eigenvalue weighted by Crippen LogP contribution is -2.56. The zero-order valence-corrected chi connectivity index (χ0v) is 15.3. The molecular formula is C15H31Cl2N3O2. The Morgan fingerprint density at radius 2 is 1.68 bits per heavy atom. The Labute approximate surface area is 146 Å². The van der Waals surface area contributed by atoms with E-state index in [1.165, 1.54) is 25.7 Å². The number of carbonyl (C=O) groups is 1. The van der Waals surface area contributed by atoms with Crippen molar-refractivity contribution in [1.29, 1.82) is 0 Å². The summed E-state index contributed by atoms with van der Waals surface area (Å²) in [6.07, 6.45) is 5.33. The molecule has 2 fully saturated rings. The van der Waals surface area contributed by atoms with Gasteiger partial charge in [0.15, 0.2) is 0 Å². The first-order valence-electron chi connectivity index (χ1n) is 7.89. The summed E-state index contributed by atoms with van der Waals surface area (Å²) in [4.78, 5) is 16.6. The van der Waals surface area contributed by atoms with E-state index in [1.807, 2.05) is 4.90 Å². The van der Waals surface area contributed by atoms with Gasteiger partial charge in [0.2, 0.25) is 5.91 Å². The van der Waals surface area contributed by atoms with Crippen molar-refractivity contribution in [3.63, 3.8) is 0 Å². The molecule has 1 atom stereocenters. The molecule has 5 nitrogen and oxygen atoms in total. The van der Waals surface area contributed by atoms with Crippen LogP contribution in [0.3, 0.4) is 0 Å². The predicted molar refractivity (Wildman–Crippen MR) is 93.9 cm³/mol. The number of hydrogen-bond donors (Lipinski definition) is 1. The van der Waals surface area contributed by atoms with Gasteiger partial charge in [-0.15, -0.1) is 24.8 Å². The van der Waals surface area contributed by atoms with Crippen molar-refractivity contribution in [2.45, 2.75) is 44.7 Å². The van der Waals surface area contributed by atoms with Gasteiger partial charge in [-0.2, -0.15) is 0 Å². The highest BCUT2D eigenvalue weighted by atomic mass is 35.5. The highest BCUT2D eigenvalue weighted by Gasteiger charge is 2.29. The zero-order valence-electron chi connectivity index (χ0n) is 13.7. The molecule has 1 heterocycles. The van der Waals surface area contributed by atoms with Crippen LogP contribution in [0.5, 0.6) is 0 Å². The lowest BCUT2D eigenvalue weighted by Gasteiger charge is -2.42. The Balaban J connectivity index is 0.00000220. The van der Waals surface area contributed by atoms with Crippen LogP contribution < -0.4 is 5.73 Å². The van der Waals surface area contributed by atoms with Gasteiger partial charge in [-0.05, 0) is 31.6 Å². The van der Waals surface area contributed by atoms with Crippen LogP contribution in [0.15, 0.2) is 0 Å². The summed E-state index contributed by atoms with van der Waals surface area (Å²) in [5.41, 5.74) is 5.82. The monoisotopic (exact) mass is 355 g/mol. The van der Waals surface area contributed by atoms with Crippen molar-refractivity contribution in [1.82, 2.24) is 9.80 Å². The summed E-state index contributed by atoms with van der Waals surface area (Å²) in [6.45, 7) is 6.25. The molecule has 7 heteroatoms. The van der Waals surface area contributed by atoms with Crippen molar-refractivity contribution >= 4 is 30.7 Å². The van der Waals surface area contributed by atoms with Crippen LogP contribution in [0.1, 0.15) is 32.6 Å². The molecule has 2 N–H and O–H groups in total. The number of nitrogens with two attached hydrogens (primary N) is 1. The van der Waals surface area contributed by atoms with Crippen molar-refractivity contribution in [3.8, 4) is 0 Å². The van der Waals surface area contributed by atoms with Crippen molar-refractivity contribution in [2.24, 2.45) is 11.7 Å². The molecule has 1 saturated heterocycles. The fraction of sp³-hybridized carbons (Fsp3) is 0.933. The van der Waals surface area contributed by atoms with E-state index in [0.29, 0.717) is 6.61 Å². The third-order valence-electron chi connectivity index (χ3n) is 4.79. The number of amides is 1. The van der Waals surface area contributed by atoms with Crippen LogP contribution >= 0.6 is 24.8 Å². The van der Waals surface area contributed by atoms with Gasteiger partial charge in [-0.3, -0.25) is 9.69 Å². The van der Waals surface area contributed by atoms with Gasteiger partial charge < -0.3 is 15.4 Å². The summed E-state index contributed by atoms with van der Waals surface area (Å²) >= 11 is 0. The zero-order chi connectivity index (χ0) is 14.5. The Hall–Kier alpha value is -0.0700.